The average molecular weight is 355 g/mol. The quantitative estimate of drug-likeness (QED) is 0.558. The number of carbonyl (C=O) groups excluding carboxylic acids is 3. The minimum absolute atomic E-state index is 0.136. The first kappa shape index (κ1) is 19.7. The number of amides is 1. The molecule has 7 nitrogen and oxygen atoms in total. The molecular weight excluding hydrogens is 326 g/mol. The number of hydrogen-bond acceptors (Lipinski definition) is 6. The van der Waals surface area contributed by atoms with Gasteiger partial charge in [0.25, 0.3) is 0 Å². The van der Waals surface area contributed by atoms with Gasteiger partial charge in [0.15, 0.2) is 5.78 Å². The van der Waals surface area contributed by atoms with E-state index in [0.717, 1.165) is 0 Å². The molecule has 0 bridgehead atoms. The van der Waals surface area contributed by atoms with Crippen LogP contribution in [0.4, 0.5) is 4.79 Å². The molecule has 0 radical (unpaired) electrons. The monoisotopic (exact) mass is 355 g/mol. The number of hydrogen-bond donors (Lipinski definition) is 0. The van der Waals surface area contributed by atoms with Gasteiger partial charge in [-0.1, -0.05) is 0 Å². The Bertz CT molecular complexity index is 540. The van der Waals surface area contributed by atoms with Crippen LogP contribution >= 0.6 is 0 Å². The van der Waals surface area contributed by atoms with Gasteiger partial charge in [-0.05, 0) is 47.5 Å². The highest BCUT2D eigenvalue weighted by Crippen LogP contribution is 2.41. The third-order valence-electron chi connectivity index (χ3n) is 4.69. The Morgan fingerprint density at radius 3 is 2.60 bits per heavy atom. The van der Waals surface area contributed by atoms with Crippen LogP contribution in [0, 0.1) is 5.92 Å². The Morgan fingerprint density at radius 1 is 1.36 bits per heavy atom. The highest BCUT2D eigenvalue weighted by molar-refractivity contribution is 6.01. The van der Waals surface area contributed by atoms with Crippen molar-refractivity contribution in [1.82, 2.24) is 4.90 Å². The van der Waals surface area contributed by atoms with E-state index >= 15 is 0 Å². The third-order valence-corrected chi connectivity index (χ3v) is 4.69. The van der Waals surface area contributed by atoms with Gasteiger partial charge in [-0.25, -0.2) is 4.79 Å². The Labute approximate surface area is 149 Å². The number of likely N-dealkylation sites (tertiary alicyclic amines) is 1. The summed E-state index contributed by atoms with van der Waals surface area (Å²) in [7, 11) is 0. The second-order valence-electron chi connectivity index (χ2n) is 7.79. The zero-order valence-electron chi connectivity index (χ0n) is 15.8. The van der Waals surface area contributed by atoms with Gasteiger partial charge in [0.1, 0.15) is 11.5 Å². The van der Waals surface area contributed by atoms with Crippen molar-refractivity contribution in [2.45, 2.75) is 71.1 Å². The third kappa shape index (κ3) is 4.32. The Morgan fingerprint density at radius 2 is 2.04 bits per heavy atom. The molecule has 2 heterocycles. The molecule has 2 aliphatic heterocycles. The maximum atomic E-state index is 12.4. The molecule has 3 atom stereocenters. The van der Waals surface area contributed by atoms with E-state index < -0.39 is 23.1 Å². The van der Waals surface area contributed by atoms with Crippen molar-refractivity contribution in [2.24, 2.45) is 5.92 Å². The first-order chi connectivity index (χ1) is 11.6. The molecular formula is C18H29NO6. The lowest BCUT2D eigenvalue weighted by Crippen LogP contribution is -2.61. The first-order valence-corrected chi connectivity index (χ1v) is 8.92. The lowest BCUT2D eigenvalue weighted by molar-refractivity contribution is -0.187. The molecule has 2 rings (SSSR count). The molecule has 2 aliphatic rings. The average Bonchev–Trinajstić information content (AvgIpc) is 2.45. The van der Waals surface area contributed by atoms with E-state index in [4.69, 9.17) is 14.2 Å². The largest absolute Gasteiger partial charge is 0.465 e. The molecule has 7 heteroatoms. The predicted octanol–water partition coefficient (Wildman–Crippen LogP) is 2.31. The van der Waals surface area contributed by atoms with E-state index in [2.05, 4.69) is 0 Å². The fourth-order valence-electron chi connectivity index (χ4n) is 3.68. The van der Waals surface area contributed by atoms with E-state index in [1.54, 1.807) is 11.8 Å². The lowest BCUT2D eigenvalue weighted by atomic mass is 9.73. The molecule has 25 heavy (non-hydrogen) atoms. The SMILES string of the molecule is CCOC(=O)C1C(=O)CCOC12CCN(C(=O)OC(C)(C)C)[C@H](C)C2. The molecule has 0 aliphatic carbocycles. The second kappa shape index (κ2) is 7.32. The number of ether oxygens (including phenoxy) is 3. The number of rotatable bonds is 2. The number of esters is 1. The van der Waals surface area contributed by atoms with Crippen LogP contribution < -0.4 is 0 Å². The number of carbonyl (C=O) groups is 3. The molecule has 142 valence electrons. The van der Waals surface area contributed by atoms with Gasteiger partial charge >= 0.3 is 12.1 Å². The highest BCUT2D eigenvalue weighted by Gasteiger charge is 2.55. The lowest BCUT2D eigenvalue weighted by Gasteiger charge is -2.49. The molecule has 2 fully saturated rings. The summed E-state index contributed by atoms with van der Waals surface area (Å²) in [6.07, 6.45) is 0.646. The standard InChI is InChI=1S/C18H29NO6/c1-6-23-15(21)14-13(20)7-10-24-18(14)8-9-19(12(2)11-18)16(22)25-17(3,4)5/h12,14H,6-11H2,1-5H3/t12-,14?,18?/m1/s1. The first-order valence-electron chi connectivity index (χ1n) is 8.92. The van der Waals surface area contributed by atoms with E-state index in [9.17, 15) is 14.4 Å². The highest BCUT2D eigenvalue weighted by atomic mass is 16.6. The fraction of sp³-hybridized carbons (Fsp3) is 0.833. The van der Waals surface area contributed by atoms with E-state index in [-0.39, 0.29) is 30.9 Å². The van der Waals surface area contributed by atoms with Gasteiger partial charge in [-0.15, -0.1) is 0 Å². The second-order valence-corrected chi connectivity index (χ2v) is 7.79. The number of Topliss-reactive ketones (excluding diaryl/α,β-unsaturated/α-hetero) is 1. The summed E-state index contributed by atoms with van der Waals surface area (Å²) < 4.78 is 16.5. The topological polar surface area (TPSA) is 82.1 Å². The summed E-state index contributed by atoms with van der Waals surface area (Å²) in [5, 5.41) is 0. The van der Waals surface area contributed by atoms with Crippen LogP contribution in [0.3, 0.4) is 0 Å². The summed E-state index contributed by atoms with van der Waals surface area (Å²) in [5.41, 5.74) is -1.46. The smallest absolute Gasteiger partial charge is 0.410 e. The van der Waals surface area contributed by atoms with Crippen LogP contribution in [0.15, 0.2) is 0 Å². The van der Waals surface area contributed by atoms with Crippen molar-refractivity contribution in [3.63, 3.8) is 0 Å². The van der Waals surface area contributed by atoms with Gasteiger partial charge in [0, 0.05) is 19.0 Å². The van der Waals surface area contributed by atoms with Crippen molar-refractivity contribution < 1.29 is 28.6 Å². The number of ketones is 1. The van der Waals surface area contributed by atoms with Crippen molar-refractivity contribution in [1.29, 1.82) is 0 Å². The van der Waals surface area contributed by atoms with Gasteiger partial charge in [-0.3, -0.25) is 9.59 Å². The molecule has 0 aromatic rings. The van der Waals surface area contributed by atoms with Gasteiger partial charge in [-0.2, -0.15) is 0 Å². The predicted molar refractivity (Wildman–Crippen MR) is 90.1 cm³/mol. The van der Waals surface area contributed by atoms with E-state index in [1.165, 1.54) is 0 Å². The van der Waals surface area contributed by atoms with E-state index in [1.807, 2.05) is 27.7 Å². The molecule has 0 N–H and O–H groups in total. The summed E-state index contributed by atoms with van der Waals surface area (Å²) in [6.45, 7) is 9.95. The fourth-order valence-corrected chi connectivity index (χ4v) is 3.68. The van der Waals surface area contributed by atoms with Crippen molar-refractivity contribution in [3.05, 3.63) is 0 Å². The van der Waals surface area contributed by atoms with Gasteiger partial charge in [0.05, 0.1) is 18.8 Å². The molecule has 0 aromatic heterocycles. The molecule has 1 amide bonds. The van der Waals surface area contributed by atoms with Crippen molar-refractivity contribution in [2.75, 3.05) is 19.8 Å². The maximum absolute atomic E-state index is 12.4. The van der Waals surface area contributed by atoms with Crippen LogP contribution in [-0.2, 0) is 23.8 Å². The van der Waals surface area contributed by atoms with Crippen molar-refractivity contribution >= 4 is 17.8 Å². The zero-order valence-corrected chi connectivity index (χ0v) is 15.8. The minimum atomic E-state index is -0.913. The Kier molecular flexibility index (Phi) is 5.76. The number of piperidine rings is 1. The minimum Gasteiger partial charge on any atom is -0.465 e. The van der Waals surface area contributed by atoms with Crippen LogP contribution in [0.1, 0.15) is 53.9 Å². The molecule has 2 unspecified atom stereocenters. The summed E-state index contributed by atoms with van der Waals surface area (Å²) in [5.74, 6) is -1.57. The number of nitrogens with zero attached hydrogens (tertiary/aromatic N) is 1. The molecule has 2 saturated heterocycles. The summed E-state index contributed by atoms with van der Waals surface area (Å²) in [6, 6.07) is -0.202. The van der Waals surface area contributed by atoms with Gasteiger partial charge in [0.2, 0.25) is 0 Å². The van der Waals surface area contributed by atoms with Crippen LogP contribution in [0.25, 0.3) is 0 Å². The van der Waals surface area contributed by atoms with Gasteiger partial charge < -0.3 is 19.1 Å². The van der Waals surface area contributed by atoms with Crippen LogP contribution in [-0.4, -0.2) is 59.7 Å². The van der Waals surface area contributed by atoms with Crippen LogP contribution in [0.2, 0.25) is 0 Å². The summed E-state index contributed by atoms with van der Waals surface area (Å²) >= 11 is 0. The molecule has 0 saturated carbocycles. The normalized spacial score (nSPS) is 30.3. The molecule has 0 aromatic carbocycles. The maximum Gasteiger partial charge on any atom is 0.410 e. The Hall–Kier alpha value is -1.63. The van der Waals surface area contributed by atoms with Crippen molar-refractivity contribution in [3.8, 4) is 0 Å². The zero-order chi connectivity index (χ0) is 18.8. The van der Waals surface area contributed by atoms with E-state index in [0.29, 0.717) is 26.0 Å². The molecule has 1 spiro atoms. The van der Waals surface area contributed by atoms with Crippen LogP contribution in [0.5, 0.6) is 0 Å². The summed E-state index contributed by atoms with van der Waals surface area (Å²) in [4.78, 5) is 38.8. The Balaban J connectivity index is 2.16.